The van der Waals surface area contributed by atoms with Crippen molar-refractivity contribution in [2.24, 2.45) is 0 Å². The number of nitrogens with one attached hydrogen (secondary N) is 2. The predicted octanol–water partition coefficient (Wildman–Crippen LogP) is 5.27. The lowest BCUT2D eigenvalue weighted by Gasteiger charge is -2.21. The van der Waals surface area contributed by atoms with Gasteiger partial charge in [0, 0.05) is 5.92 Å². The Labute approximate surface area is 226 Å². The van der Waals surface area contributed by atoms with E-state index < -0.39 is 36.5 Å². The Balaban J connectivity index is 1.23. The fourth-order valence-electron chi connectivity index (χ4n) is 5.04. The van der Waals surface area contributed by atoms with Crippen molar-refractivity contribution in [2.45, 2.75) is 24.4 Å². The Hall–Kier alpha value is -4.91. The lowest BCUT2D eigenvalue weighted by Crippen LogP contribution is -2.45. The summed E-state index contributed by atoms with van der Waals surface area (Å²) in [5.74, 6) is -2.00. The minimum atomic E-state index is -1.45. The lowest BCUT2D eigenvalue weighted by molar-refractivity contribution is -0.141. The standard InChI is InChI=1S/C32H28N2O5/c35-29(34-30(21-11-3-1-4-12-21)22-13-5-2-6-14-22)19-28(31(36)37)33-32(38)39-20-27-25-17-9-7-15-23(25)24-16-8-10-18-26(24)27/h1-18,27-28,30H,19-20H2,(H,33,38)(H,34,35)(H,36,37)/t28-/m1/s1. The number of fused-ring (bicyclic) bond motifs is 3. The van der Waals surface area contributed by atoms with Crippen LogP contribution < -0.4 is 10.6 Å². The molecule has 0 unspecified atom stereocenters. The monoisotopic (exact) mass is 520 g/mol. The second kappa shape index (κ2) is 11.6. The quantitative estimate of drug-likeness (QED) is 0.279. The minimum absolute atomic E-state index is 0.0441. The summed E-state index contributed by atoms with van der Waals surface area (Å²) in [7, 11) is 0. The molecule has 7 heteroatoms. The summed E-state index contributed by atoms with van der Waals surface area (Å²) in [6, 6.07) is 32.8. The molecular formula is C32H28N2O5. The van der Waals surface area contributed by atoms with Crippen LogP contribution in [0.4, 0.5) is 4.79 Å². The number of carboxylic acid groups (broad SMARTS) is 1. The summed E-state index contributed by atoms with van der Waals surface area (Å²) in [6.45, 7) is 0.0441. The van der Waals surface area contributed by atoms with E-state index in [0.29, 0.717) is 0 Å². The predicted molar refractivity (Wildman–Crippen MR) is 147 cm³/mol. The first-order valence-electron chi connectivity index (χ1n) is 12.7. The average molecular weight is 521 g/mol. The van der Waals surface area contributed by atoms with E-state index in [0.717, 1.165) is 33.4 Å². The average Bonchev–Trinajstić information content (AvgIpc) is 3.29. The van der Waals surface area contributed by atoms with E-state index in [2.05, 4.69) is 10.6 Å². The zero-order valence-electron chi connectivity index (χ0n) is 21.1. The van der Waals surface area contributed by atoms with Crippen molar-refractivity contribution >= 4 is 18.0 Å². The van der Waals surface area contributed by atoms with E-state index in [4.69, 9.17) is 4.74 Å². The molecule has 0 radical (unpaired) electrons. The highest BCUT2D eigenvalue weighted by molar-refractivity contribution is 5.87. The van der Waals surface area contributed by atoms with Crippen molar-refractivity contribution < 1.29 is 24.2 Å². The molecule has 1 aliphatic rings. The normalized spacial score (nSPS) is 12.7. The molecule has 0 fully saturated rings. The maximum Gasteiger partial charge on any atom is 0.407 e. The van der Waals surface area contributed by atoms with Gasteiger partial charge in [0.05, 0.1) is 12.5 Å². The van der Waals surface area contributed by atoms with Gasteiger partial charge in [0.15, 0.2) is 0 Å². The molecule has 0 aromatic heterocycles. The van der Waals surface area contributed by atoms with Gasteiger partial charge in [-0.1, -0.05) is 109 Å². The van der Waals surface area contributed by atoms with Crippen LogP contribution in [0, 0.1) is 0 Å². The molecule has 0 saturated carbocycles. The van der Waals surface area contributed by atoms with Gasteiger partial charge in [-0.05, 0) is 33.4 Å². The summed E-state index contributed by atoms with van der Waals surface area (Å²) >= 11 is 0. The SMILES string of the molecule is O=C(C[C@@H](NC(=O)OCC1c2ccccc2-c2ccccc21)C(=O)O)NC(c1ccccc1)c1ccccc1. The second-order valence-electron chi connectivity index (χ2n) is 9.39. The topological polar surface area (TPSA) is 105 Å². The van der Waals surface area contributed by atoms with Crippen LogP contribution in [0.2, 0.25) is 0 Å². The number of carboxylic acids is 1. The van der Waals surface area contributed by atoms with Gasteiger partial charge >= 0.3 is 12.1 Å². The summed E-state index contributed by atoms with van der Waals surface area (Å²) in [5, 5.41) is 15.0. The fourth-order valence-corrected chi connectivity index (χ4v) is 5.04. The molecular weight excluding hydrogens is 492 g/mol. The molecule has 4 aromatic rings. The van der Waals surface area contributed by atoms with Crippen molar-refractivity contribution in [3.8, 4) is 11.1 Å². The zero-order chi connectivity index (χ0) is 27.2. The van der Waals surface area contributed by atoms with E-state index in [9.17, 15) is 19.5 Å². The number of hydrogen-bond acceptors (Lipinski definition) is 4. The van der Waals surface area contributed by atoms with Crippen molar-refractivity contribution in [3.05, 3.63) is 131 Å². The number of carbonyl (C=O) groups excluding carboxylic acids is 2. The number of ether oxygens (including phenoxy) is 1. The van der Waals surface area contributed by atoms with Crippen LogP contribution in [-0.2, 0) is 14.3 Å². The van der Waals surface area contributed by atoms with Crippen LogP contribution in [0.25, 0.3) is 11.1 Å². The first-order valence-corrected chi connectivity index (χ1v) is 12.7. The smallest absolute Gasteiger partial charge is 0.407 e. The first kappa shape index (κ1) is 25.7. The molecule has 0 spiro atoms. The summed E-state index contributed by atoms with van der Waals surface area (Å²) < 4.78 is 5.48. The van der Waals surface area contributed by atoms with Gasteiger partial charge < -0.3 is 20.5 Å². The van der Waals surface area contributed by atoms with Crippen LogP contribution >= 0.6 is 0 Å². The van der Waals surface area contributed by atoms with Gasteiger partial charge in [0.25, 0.3) is 0 Å². The molecule has 0 saturated heterocycles. The van der Waals surface area contributed by atoms with Crippen LogP contribution in [0.15, 0.2) is 109 Å². The highest BCUT2D eigenvalue weighted by Gasteiger charge is 2.30. The molecule has 0 heterocycles. The molecule has 3 N–H and O–H groups in total. The van der Waals surface area contributed by atoms with Crippen LogP contribution in [-0.4, -0.2) is 35.7 Å². The van der Waals surface area contributed by atoms with Gasteiger partial charge in [0.2, 0.25) is 5.91 Å². The third-order valence-corrected chi connectivity index (χ3v) is 6.89. The molecule has 39 heavy (non-hydrogen) atoms. The number of benzene rings is 4. The number of rotatable bonds is 9. The third kappa shape index (κ3) is 5.83. The van der Waals surface area contributed by atoms with Crippen LogP contribution in [0.5, 0.6) is 0 Å². The fraction of sp³-hybridized carbons (Fsp3) is 0.156. The van der Waals surface area contributed by atoms with E-state index >= 15 is 0 Å². The van der Waals surface area contributed by atoms with Crippen LogP contribution in [0.3, 0.4) is 0 Å². The van der Waals surface area contributed by atoms with E-state index in [1.165, 1.54) is 0 Å². The third-order valence-electron chi connectivity index (χ3n) is 6.89. The lowest BCUT2D eigenvalue weighted by atomic mass is 9.98. The van der Waals surface area contributed by atoms with Gasteiger partial charge in [-0.15, -0.1) is 0 Å². The number of hydrogen-bond donors (Lipinski definition) is 3. The molecule has 7 nitrogen and oxygen atoms in total. The first-order chi connectivity index (χ1) is 19.0. The van der Waals surface area contributed by atoms with Crippen molar-refractivity contribution in [3.63, 3.8) is 0 Å². The minimum Gasteiger partial charge on any atom is -0.480 e. The number of amides is 2. The van der Waals surface area contributed by atoms with Gasteiger partial charge in [-0.3, -0.25) is 4.79 Å². The summed E-state index contributed by atoms with van der Waals surface area (Å²) in [6.07, 6.45) is -1.34. The molecule has 0 aliphatic heterocycles. The largest absolute Gasteiger partial charge is 0.480 e. The second-order valence-corrected chi connectivity index (χ2v) is 9.39. The molecule has 2 amide bonds. The van der Waals surface area contributed by atoms with Crippen LogP contribution in [0.1, 0.15) is 40.6 Å². The molecule has 196 valence electrons. The van der Waals surface area contributed by atoms with Crippen molar-refractivity contribution in [1.82, 2.24) is 10.6 Å². The Morgan fingerprint density at radius 2 is 1.18 bits per heavy atom. The molecule has 4 aromatic carbocycles. The Kier molecular flexibility index (Phi) is 7.68. The highest BCUT2D eigenvalue weighted by Crippen LogP contribution is 2.44. The Morgan fingerprint density at radius 1 is 0.692 bits per heavy atom. The van der Waals surface area contributed by atoms with Crippen molar-refractivity contribution in [1.29, 1.82) is 0 Å². The number of alkyl carbamates (subject to hydrolysis) is 1. The highest BCUT2D eigenvalue weighted by atomic mass is 16.5. The van der Waals surface area contributed by atoms with Gasteiger partial charge in [-0.25, -0.2) is 9.59 Å². The number of carbonyl (C=O) groups is 3. The molecule has 1 atom stereocenters. The van der Waals surface area contributed by atoms with Crippen molar-refractivity contribution in [2.75, 3.05) is 6.61 Å². The maximum absolute atomic E-state index is 13.0. The zero-order valence-corrected chi connectivity index (χ0v) is 21.1. The Morgan fingerprint density at radius 3 is 1.69 bits per heavy atom. The van der Waals surface area contributed by atoms with Gasteiger partial charge in [0.1, 0.15) is 12.6 Å². The number of aliphatic carboxylic acids is 1. The van der Waals surface area contributed by atoms with Gasteiger partial charge in [-0.2, -0.15) is 0 Å². The van der Waals surface area contributed by atoms with E-state index in [1.54, 1.807) is 0 Å². The summed E-state index contributed by atoms with van der Waals surface area (Å²) in [4.78, 5) is 37.6. The summed E-state index contributed by atoms with van der Waals surface area (Å²) in [5.41, 5.74) is 5.99. The Bertz CT molecular complexity index is 1390. The van der Waals surface area contributed by atoms with E-state index in [1.807, 2.05) is 109 Å². The maximum atomic E-state index is 13.0. The molecule has 5 rings (SSSR count). The molecule has 1 aliphatic carbocycles. The van der Waals surface area contributed by atoms with E-state index in [-0.39, 0.29) is 12.5 Å². The molecule has 0 bridgehead atoms.